The van der Waals surface area contributed by atoms with Gasteiger partial charge in [0.1, 0.15) is 11.5 Å². The van der Waals surface area contributed by atoms with Crippen LogP contribution in [0.2, 0.25) is 5.02 Å². The Bertz CT molecular complexity index is 591. The standard InChI is InChI=1S/C15H13ClO3/c1-18-12-6-3-10(4-7-12)15(17)13-9-11(16)5-8-14(13)19-2/h3-9H,1-2H3. The fourth-order valence-corrected chi connectivity index (χ4v) is 1.93. The smallest absolute Gasteiger partial charge is 0.196 e. The maximum absolute atomic E-state index is 12.4. The van der Waals surface area contributed by atoms with E-state index in [4.69, 9.17) is 21.1 Å². The van der Waals surface area contributed by atoms with Crippen LogP contribution in [0.15, 0.2) is 42.5 Å². The number of methoxy groups -OCH3 is 2. The lowest BCUT2D eigenvalue weighted by molar-refractivity contribution is 0.103. The van der Waals surface area contributed by atoms with E-state index in [1.54, 1.807) is 49.6 Å². The minimum absolute atomic E-state index is 0.137. The highest BCUT2D eigenvalue weighted by atomic mass is 35.5. The summed E-state index contributed by atoms with van der Waals surface area (Å²) >= 11 is 5.93. The molecule has 2 rings (SSSR count). The molecule has 0 aliphatic carbocycles. The molecule has 2 aromatic carbocycles. The molecule has 98 valence electrons. The Labute approximate surface area is 116 Å². The Morgan fingerprint density at radius 3 is 2.26 bits per heavy atom. The van der Waals surface area contributed by atoms with Gasteiger partial charge in [0.2, 0.25) is 0 Å². The molecular formula is C15H13ClO3. The largest absolute Gasteiger partial charge is 0.497 e. The lowest BCUT2D eigenvalue weighted by Gasteiger charge is -2.08. The summed E-state index contributed by atoms with van der Waals surface area (Å²) in [6.07, 6.45) is 0. The second-order valence-corrected chi connectivity index (χ2v) is 4.34. The van der Waals surface area contributed by atoms with Crippen LogP contribution in [0.4, 0.5) is 0 Å². The van der Waals surface area contributed by atoms with Gasteiger partial charge in [0, 0.05) is 10.6 Å². The van der Waals surface area contributed by atoms with Crippen molar-refractivity contribution in [3.8, 4) is 11.5 Å². The van der Waals surface area contributed by atoms with Crippen molar-refractivity contribution in [2.24, 2.45) is 0 Å². The minimum atomic E-state index is -0.137. The quantitative estimate of drug-likeness (QED) is 0.801. The summed E-state index contributed by atoms with van der Waals surface area (Å²) in [6, 6.07) is 11.9. The van der Waals surface area contributed by atoms with Crippen LogP contribution in [0, 0.1) is 0 Å². The second kappa shape index (κ2) is 5.76. The molecule has 0 spiro atoms. The first-order valence-electron chi connectivity index (χ1n) is 5.68. The van der Waals surface area contributed by atoms with E-state index in [2.05, 4.69) is 0 Å². The van der Waals surface area contributed by atoms with Crippen molar-refractivity contribution in [3.63, 3.8) is 0 Å². The maximum Gasteiger partial charge on any atom is 0.196 e. The van der Waals surface area contributed by atoms with Crippen LogP contribution in [0.3, 0.4) is 0 Å². The Balaban J connectivity index is 2.40. The van der Waals surface area contributed by atoms with E-state index < -0.39 is 0 Å². The lowest BCUT2D eigenvalue weighted by Crippen LogP contribution is -2.04. The van der Waals surface area contributed by atoms with Gasteiger partial charge in [-0.25, -0.2) is 0 Å². The zero-order valence-electron chi connectivity index (χ0n) is 10.6. The number of carbonyl (C=O) groups is 1. The van der Waals surface area contributed by atoms with E-state index >= 15 is 0 Å². The number of hydrogen-bond donors (Lipinski definition) is 0. The van der Waals surface area contributed by atoms with Gasteiger partial charge in [-0.1, -0.05) is 11.6 Å². The number of carbonyl (C=O) groups excluding carboxylic acids is 1. The van der Waals surface area contributed by atoms with Crippen LogP contribution >= 0.6 is 11.6 Å². The first kappa shape index (κ1) is 13.4. The molecule has 0 saturated carbocycles. The third kappa shape index (κ3) is 2.88. The van der Waals surface area contributed by atoms with Crippen molar-refractivity contribution >= 4 is 17.4 Å². The third-order valence-electron chi connectivity index (χ3n) is 2.76. The summed E-state index contributed by atoms with van der Waals surface area (Å²) in [6.45, 7) is 0. The van der Waals surface area contributed by atoms with Gasteiger partial charge in [-0.3, -0.25) is 4.79 Å². The Hall–Kier alpha value is -2.00. The first-order valence-corrected chi connectivity index (χ1v) is 6.06. The summed E-state index contributed by atoms with van der Waals surface area (Å²) in [7, 11) is 3.10. The van der Waals surface area contributed by atoms with Gasteiger partial charge in [0.25, 0.3) is 0 Å². The molecular weight excluding hydrogens is 264 g/mol. The summed E-state index contributed by atoms with van der Waals surface area (Å²) in [4.78, 5) is 12.4. The third-order valence-corrected chi connectivity index (χ3v) is 2.99. The molecule has 0 unspecified atom stereocenters. The molecule has 0 heterocycles. The van der Waals surface area contributed by atoms with Gasteiger partial charge in [-0.15, -0.1) is 0 Å². The van der Waals surface area contributed by atoms with Gasteiger partial charge in [-0.2, -0.15) is 0 Å². The molecule has 0 atom stereocenters. The second-order valence-electron chi connectivity index (χ2n) is 3.90. The van der Waals surface area contributed by atoms with E-state index in [9.17, 15) is 4.79 Å². The molecule has 4 heteroatoms. The predicted molar refractivity (Wildman–Crippen MR) is 74.4 cm³/mol. The molecule has 19 heavy (non-hydrogen) atoms. The lowest BCUT2D eigenvalue weighted by atomic mass is 10.0. The topological polar surface area (TPSA) is 35.5 Å². The van der Waals surface area contributed by atoms with Crippen LogP contribution in [0.25, 0.3) is 0 Å². The summed E-state index contributed by atoms with van der Waals surface area (Å²) in [5.41, 5.74) is 1.00. The van der Waals surface area contributed by atoms with Crippen LogP contribution in [-0.4, -0.2) is 20.0 Å². The highest BCUT2D eigenvalue weighted by molar-refractivity contribution is 6.31. The fourth-order valence-electron chi connectivity index (χ4n) is 1.76. The Kier molecular flexibility index (Phi) is 4.07. The van der Waals surface area contributed by atoms with Crippen LogP contribution in [0.5, 0.6) is 11.5 Å². The average molecular weight is 277 g/mol. The van der Waals surface area contributed by atoms with Crippen LogP contribution in [0.1, 0.15) is 15.9 Å². The molecule has 3 nitrogen and oxygen atoms in total. The van der Waals surface area contributed by atoms with Crippen molar-refractivity contribution in [2.45, 2.75) is 0 Å². The fraction of sp³-hybridized carbons (Fsp3) is 0.133. The normalized spacial score (nSPS) is 10.1. The van der Waals surface area contributed by atoms with E-state index in [0.717, 1.165) is 0 Å². The number of hydrogen-bond acceptors (Lipinski definition) is 3. The van der Waals surface area contributed by atoms with E-state index in [0.29, 0.717) is 27.6 Å². The van der Waals surface area contributed by atoms with Crippen LogP contribution < -0.4 is 9.47 Å². The number of halogens is 1. The molecule has 0 amide bonds. The van der Waals surface area contributed by atoms with E-state index in [1.807, 2.05) is 0 Å². The number of ketones is 1. The molecule has 0 N–H and O–H groups in total. The highest BCUT2D eigenvalue weighted by Crippen LogP contribution is 2.25. The zero-order valence-corrected chi connectivity index (χ0v) is 11.4. The molecule has 0 aromatic heterocycles. The number of rotatable bonds is 4. The average Bonchev–Trinajstić information content (AvgIpc) is 2.46. The van der Waals surface area contributed by atoms with Gasteiger partial charge in [0.15, 0.2) is 5.78 Å². The first-order chi connectivity index (χ1) is 9.15. The molecule has 0 radical (unpaired) electrons. The molecule has 2 aromatic rings. The number of ether oxygens (including phenoxy) is 2. The van der Waals surface area contributed by atoms with E-state index in [1.165, 1.54) is 7.11 Å². The predicted octanol–water partition coefficient (Wildman–Crippen LogP) is 3.59. The van der Waals surface area contributed by atoms with Gasteiger partial charge >= 0.3 is 0 Å². The number of benzene rings is 2. The Morgan fingerprint density at radius 2 is 1.68 bits per heavy atom. The highest BCUT2D eigenvalue weighted by Gasteiger charge is 2.15. The maximum atomic E-state index is 12.4. The molecule has 0 aliphatic heterocycles. The monoisotopic (exact) mass is 276 g/mol. The van der Waals surface area contributed by atoms with E-state index in [-0.39, 0.29) is 5.78 Å². The summed E-state index contributed by atoms with van der Waals surface area (Å²) in [5.74, 6) is 1.07. The molecule has 0 fully saturated rings. The SMILES string of the molecule is COc1ccc(C(=O)c2cc(Cl)ccc2OC)cc1. The Morgan fingerprint density at radius 1 is 1.00 bits per heavy atom. The summed E-state index contributed by atoms with van der Waals surface area (Å²) in [5, 5.41) is 0.498. The molecule has 0 aliphatic rings. The van der Waals surface area contributed by atoms with Crippen molar-refractivity contribution < 1.29 is 14.3 Å². The minimum Gasteiger partial charge on any atom is -0.497 e. The van der Waals surface area contributed by atoms with Gasteiger partial charge in [0.05, 0.1) is 19.8 Å². The van der Waals surface area contributed by atoms with Crippen molar-refractivity contribution in [1.82, 2.24) is 0 Å². The van der Waals surface area contributed by atoms with Crippen LogP contribution in [-0.2, 0) is 0 Å². The molecule has 0 saturated heterocycles. The zero-order chi connectivity index (χ0) is 13.8. The van der Waals surface area contributed by atoms with Crippen molar-refractivity contribution in [1.29, 1.82) is 0 Å². The van der Waals surface area contributed by atoms with Crippen molar-refractivity contribution in [2.75, 3.05) is 14.2 Å². The van der Waals surface area contributed by atoms with Crippen molar-refractivity contribution in [3.05, 3.63) is 58.6 Å². The van der Waals surface area contributed by atoms with Gasteiger partial charge in [-0.05, 0) is 42.5 Å². The summed E-state index contributed by atoms with van der Waals surface area (Å²) < 4.78 is 10.2. The molecule has 0 bridgehead atoms. The van der Waals surface area contributed by atoms with Gasteiger partial charge < -0.3 is 9.47 Å².